The summed E-state index contributed by atoms with van der Waals surface area (Å²) < 4.78 is 0. The Balaban J connectivity index is 1.48. The fourth-order valence-corrected chi connectivity index (χ4v) is 4.31. The molecule has 0 fully saturated rings. The average Bonchev–Trinajstić information content (AvgIpc) is 3.07. The fourth-order valence-electron chi connectivity index (χ4n) is 4.31. The minimum absolute atomic E-state index is 0.00458. The molecule has 0 bridgehead atoms. The molecule has 0 saturated heterocycles. The van der Waals surface area contributed by atoms with Crippen molar-refractivity contribution in [1.82, 2.24) is 10.3 Å². The number of aliphatic hydroxyl groups excluding tert-OH is 1. The van der Waals surface area contributed by atoms with Crippen LogP contribution in [0.25, 0.3) is 10.9 Å². The molecule has 5 heteroatoms. The molecule has 5 nitrogen and oxygen atoms in total. The molecule has 146 valence electrons. The average molecular weight is 378 g/mol. The fraction of sp³-hybridized carbons (Fsp3) is 0.348. The first-order valence-electron chi connectivity index (χ1n) is 9.84. The minimum Gasteiger partial charge on any atom is -0.506 e. The van der Waals surface area contributed by atoms with Crippen molar-refractivity contribution in [2.75, 3.05) is 6.54 Å². The largest absolute Gasteiger partial charge is 0.506 e. The number of aliphatic hydroxyl groups is 1. The van der Waals surface area contributed by atoms with Gasteiger partial charge in [0.1, 0.15) is 5.75 Å². The van der Waals surface area contributed by atoms with Crippen LogP contribution >= 0.6 is 0 Å². The molecule has 0 aliphatic heterocycles. The third-order valence-electron chi connectivity index (χ3n) is 5.84. The van der Waals surface area contributed by atoms with Gasteiger partial charge in [-0.05, 0) is 66.1 Å². The Morgan fingerprint density at radius 1 is 1.18 bits per heavy atom. The third-order valence-corrected chi connectivity index (χ3v) is 5.84. The number of hydrogen-bond donors (Lipinski definition) is 4. The maximum absolute atomic E-state index is 11.6. The number of aryl methyl sites for hydroxylation is 2. The molecule has 0 radical (unpaired) electrons. The maximum atomic E-state index is 11.6. The number of phenols is 1. The second kappa shape index (κ2) is 7.41. The summed E-state index contributed by atoms with van der Waals surface area (Å²) in [7, 11) is 0. The summed E-state index contributed by atoms with van der Waals surface area (Å²) in [5, 5.41) is 24.9. The zero-order valence-electron chi connectivity index (χ0n) is 16.2. The summed E-state index contributed by atoms with van der Waals surface area (Å²) in [6.45, 7) is 4.77. The SMILES string of the molecule is CCc1cc2c(cc1C)CC(NCC(O)c1ccc(O)c3[nH]c(=O)ccc13)C2. The van der Waals surface area contributed by atoms with Gasteiger partial charge in [-0.3, -0.25) is 4.79 Å². The van der Waals surface area contributed by atoms with E-state index in [9.17, 15) is 15.0 Å². The Labute approximate surface area is 164 Å². The molecule has 1 heterocycles. The molecule has 1 aromatic heterocycles. The summed E-state index contributed by atoms with van der Waals surface area (Å²) in [6.07, 6.45) is 2.26. The van der Waals surface area contributed by atoms with Crippen LogP contribution in [0.2, 0.25) is 0 Å². The van der Waals surface area contributed by atoms with E-state index < -0.39 is 6.10 Å². The Bertz CT molecular complexity index is 1090. The number of rotatable bonds is 5. The van der Waals surface area contributed by atoms with Crippen LogP contribution in [0.15, 0.2) is 41.2 Å². The van der Waals surface area contributed by atoms with Crippen LogP contribution in [0.1, 0.15) is 40.8 Å². The van der Waals surface area contributed by atoms with E-state index in [-0.39, 0.29) is 11.3 Å². The number of H-pyrrole nitrogens is 1. The predicted molar refractivity (Wildman–Crippen MR) is 111 cm³/mol. The highest BCUT2D eigenvalue weighted by Gasteiger charge is 2.23. The van der Waals surface area contributed by atoms with Crippen molar-refractivity contribution in [1.29, 1.82) is 0 Å². The maximum Gasteiger partial charge on any atom is 0.248 e. The topological polar surface area (TPSA) is 85.3 Å². The Morgan fingerprint density at radius 3 is 2.68 bits per heavy atom. The van der Waals surface area contributed by atoms with Gasteiger partial charge in [-0.25, -0.2) is 0 Å². The van der Waals surface area contributed by atoms with Gasteiger partial charge in [0.05, 0.1) is 11.6 Å². The third kappa shape index (κ3) is 3.43. The zero-order chi connectivity index (χ0) is 19.8. The molecule has 2 unspecified atom stereocenters. The Hall–Kier alpha value is -2.63. The predicted octanol–water partition coefficient (Wildman–Crippen LogP) is 2.89. The smallest absolute Gasteiger partial charge is 0.248 e. The molecule has 1 aliphatic carbocycles. The number of fused-ring (bicyclic) bond motifs is 2. The number of pyridine rings is 1. The lowest BCUT2D eigenvalue weighted by Gasteiger charge is -2.18. The lowest BCUT2D eigenvalue weighted by Crippen LogP contribution is -2.33. The summed E-state index contributed by atoms with van der Waals surface area (Å²) in [6, 6.07) is 11.2. The van der Waals surface area contributed by atoms with Gasteiger partial charge in [0.25, 0.3) is 0 Å². The second-order valence-electron chi connectivity index (χ2n) is 7.72. The summed E-state index contributed by atoms with van der Waals surface area (Å²) >= 11 is 0. The van der Waals surface area contributed by atoms with Crippen molar-refractivity contribution in [2.24, 2.45) is 0 Å². The van der Waals surface area contributed by atoms with E-state index in [0.29, 0.717) is 29.1 Å². The molecular weight excluding hydrogens is 352 g/mol. The van der Waals surface area contributed by atoms with Gasteiger partial charge in [-0.1, -0.05) is 25.1 Å². The number of hydrogen-bond acceptors (Lipinski definition) is 4. The Kier molecular flexibility index (Phi) is 4.96. The molecule has 0 amide bonds. The van der Waals surface area contributed by atoms with Crippen LogP contribution in [0, 0.1) is 6.92 Å². The number of phenolic OH excluding ortho intramolecular Hbond substituents is 1. The first-order valence-corrected chi connectivity index (χ1v) is 9.84. The van der Waals surface area contributed by atoms with Gasteiger partial charge in [-0.2, -0.15) is 0 Å². The first kappa shape index (κ1) is 18.7. The standard InChI is InChI=1S/C23H26N2O3/c1-3-14-9-16-11-17(10-15(16)8-13(14)2)24-12-21(27)18-4-6-20(26)23-19(18)5-7-22(28)25-23/h4-9,17,21,24,26-27H,3,10-12H2,1-2H3,(H,25,28). The molecule has 3 aromatic rings. The molecule has 0 saturated carbocycles. The molecule has 4 rings (SSSR count). The van der Waals surface area contributed by atoms with Crippen LogP contribution in [-0.2, 0) is 19.3 Å². The van der Waals surface area contributed by atoms with Gasteiger partial charge < -0.3 is 20.5 Å². The van der Waals surface area contributed by atoms with Crippen LogP contribution < -0.4 is 10.9 Å². The molecule has 1 aliphatic rings. The van der Waals surface area contributed by atoms with Crippen molar-refractivity contribution in [3.8, 4) is 5.75 Å². The van der Waals surface area contributed by atoms with E-state index in [1.54, 1.807) is 12.1 Å². The quantitative estimate of drug-likeness (QED) is 0.550. The highest BCUT2D eigenvalue weighted by atomic mass is 16.3. The van der Waals surface area contributed by atoms with E-state index in [4.69, 9.17) is 0 Å². The minimum atomic E-state index is -0.731. The highest BCUT2D eigenvalue weighted by Crippen LogP contribution is 2.29. The van der Waals surface area contributed by atoms with Crippen LogP contribution in [-0.4, -0.2) is 27.8 Å². The lowest BCUT2D eigenvalue weighted by molar-refractivity contribution is 0.171. The highest BCUT2D eigenvalue weighted by molar-refractivity contribution is 5.87. The van der Waals surface area contributed by atoms with Gasteiger partial charge >= 0.3 is 0 Å². The van der Waals surface area contributed by atoms with E-state index >= 15 is 0 Å². The molecule has 0 spiro atoms. The van der Waals surface area contributed by atoms with Crippen LogP contribution in [0.5, 0.6) is 5.75 Å². The summed E-state index contributed by atoms with van der Waals surface area (Å²) in [5.41, 5.74) is 6.33. The van der Waals surface area contributed by atoms with E-state index in [2.05, 4.69) is 36.3 Å². The molecule has 28 heavy (non-hydrogen) atoms. The van der Waals surface area contributed by atoms with Gasteiger partial charge in [0, 0.05) is 24.0 Å². The molecule has 2 aromatic carbocycles. The number of benzene rings is 2. The zero-order valence-corrected chi connectivity index (χ0v) is 16.2. The number of aromatic amines is 1. The number of aromatic nitrogens is 1. The van der Waals surface area contributed by atoms with Crippen LogP contribution in [0.3, 0.4) is 0 Å². The van der Waals surface area contributed by atoms with E-state index in [1.807, 2.05) is 0 Å². The second-order valence-corrected chi connectivity index (χ2v) is 7.72. The van der Waals surface area contributed by atoms with Gasteiger partial charge in [-0.15, -0.1) is 0 Å². The van der Waals surface area contributed by atoms with Crippen molar-refractivity contribution in [3.63, 3.8) is 0 Å². The summed E-state index contributed by atoms with van der Waals surface area (Å²) in [5.74, 6) is 0.00458. The van der Waals surface area contributed by atoms with E-state index in [0.717, 1.165) is 19.3 Å². The lowest BCUT2D eigenvalue weighted by atomic mass is 9.99. The van der Waals surface area contributed by atoms with Crippen molar-refractivity contribution < 1.29 is 10.2 Å². The van der Waals surface area contributed by atoms with E-state index in [1.165, 1.54) is 34.4 Å². The molecule has 2 atom stereocenters. The van der Waals surface area contributed by atoms with Gasteiger partial charge in [0.2, 0.25) is 5.56 Å². The Morgan fingerprint density at radius 2 is 1.93 bits per heavy atom. The van der Waals surface area contributed by atoms with Gasteiger partial charge in [0.15, 0.2) is 0 Å². The van der Waals surface area contributed by atoms with Crippen LogP contribution in [0.4, 0.5) is 0 Å². The number of nitrogens with one attached hydrogen (secondary N) is 2. The van der Waals surface area contributed by atoms with Crippen molar-refractivity contribution in [2.45, 2.75) is 45.3 Å². The monoisotopic (exact) mass is 378 g/mol. The van der Waals surface area contributed by atoms with Crippen molar-refractivity contribution in [3.05, 3.63) is 74.6 Å². The summed E-state index contributed by atoms with van der Waals surface area (Å²) in [4.78, 5) is 14.2. The number of aromatic hydroxyl groups is 1. The molecular formula is C23H26N2O3. The van der Waals surface area contributed by atoms with Crippen molar-refractivity contribution >= 4 is 10.9 Å². The molecule has 4 N–H and O–H groups in total. The first-order chi connectivity index (χ1) is 13.5. The normalized spacial score (nSPS) is 17.0.